The van der Waals surface area contributed by atoms with Crippen LogP contribution in [0.3, 0.4) is 0 Å². The smallest absolute Gasteiger partial charge is 0.262 e. The normalized spacial score (nSPS) is 14.8. The van der Waals surface area contributed by atoms with Crippen LogP contribution < -0.4 is 19.1 Å². The molecule has 0 bridgehead atoms. The SMILES string of the molecule is COc1ccc(S(=O)(=O)Nc2cc(N3CCOCC3)c3occc3c2)cc1OC. The molecule has 0 atom stereocenters. The lowest BCUT2D eigenvalue weighted by Crippen LogP contribution is -2.36. The number of furan rings is 1. The van der Waals surface area contributed by atoms with Crippen molar-refractivity contribution in [3.8, 4) is 11.5 Å². The predicted molar refractivity (Wildman–Crippen MR) is 110 cm³/mol. The van der Waals surface area contributed by atoms with Crippen molar-refractivity contribution >= 4 is 32.4 Å². The van der Waals surface area contributed by atoms with Crippen LogP contribution >= 0.6 is 0 Å². The van der Waals surface area contributed by atoms with Gasteiger partial charge in [0.2, 0.25) is 0 Å². The lowest BCUT2D eigenvalue weighted by atomic mass is 10.2. The number of nitrogens with one attached hydrogen (secondary N) is 1. The average Bonchev–Trinajstić information content (AvgIpc) is 3.21. The first-order chi connectivity index (χ1) is 14.0. The minimum Gasteiger partial charge on any atom is -0.493 e. The summed E-state index contributed by atoms with van der Waals surface area (Å²) in [5.74, 6) is 0.801. The van der Waals surface area contributed by atoms with Gasteiger partial charge in [0.05, 0.1) is 50.0 Å². The highest BCUT2D eigenvalue weighted by atomic mass is 32.2. The molecule has 29 heavy (non-hydrogen) atoms. The summed E-state index contributed by atoms with van der Waals surface area (Å²) in [6.07, 6.45) is 1.60. The molecule has 0 amide bonds. The summed E-state index contributed by atoms with van der Waals surface area (Å²) < 4.78 is 50.0. The van der Waals surface area contributed by atoms with Crippen molar-refractivity contribution < 1.29 is 27.0 Å². The molecule has 0 saturated carbocycles. The van der Waals surface area contributed by atoms with Gasteiger partial charge in [0.1, 0.15) is 0 Å². The Labute approximate surface area is 169 Å². The first-order valence-corrected chi connectivity index (χ1v) is 10.6. The molecule has 4 rings (SSSR count). The van der Waals surface area contributed by atoms with Crippen molar-refractivity contribution in [2.45, 2.75) is 4.90 Å². The minimum absolute atomic E-state index is 0.0790. The van der Waals surface area contributed by atoms with E-state index in [0.717, 1.165) is 16.7 Å². The van der Waals surface area contributed by atoms with E-state index in [-0.39, 0.29) is 4.90 Å². The highest BCUT2D eigenvalue weighted by Crippen LogP contribution is 2.34. The van der Waals surface area contributed by atoms with Gasteiger partial charge >= 0.3 is 0 Å². The van der Waals surface area contributed by atoms with E-state index in [9.17, 15) is 8.42 Å². The van der Waals surface area contributed by atoms with Crippen LogP contribution in [-0.2, 0) is 14.8 Å². The van der Waals surface area contributed by atoms with Gasteiger partial charge in [-0.25, -0.2) is 8.42 Å². The summed E-state index contributed by atoms with van der Waals surface area (Å²) >= 11 is 0. The Hall–Kier alpha value is -2.91. The van der Waals surface area contributed by atoms with Gasteiger partial charge < -0.3 is 23.5 Å². The van der Waals surface area contributed by atoms with E-state index < -0.39 is 10.0 Å². The van der Waals surface area contributed by atoms with Crippen molar-refractivity contribution in [3.05, 3.63) is 42.7 Å². The highest BCUT2D eigenvalue weighted by Gasteiger charge is 2.21. The number of sulfonamides is 1. The first-order valence-electron chi connectivity index (χ1n) is 9.10. The molecule has 1 aliphatic rings. The predicted octanol–water partition coefficient (Wildman–Crippen LogP) is 3.09. The van der Waals surface area contributed by atoms with Crippen molar-refractivity contribution in [1.82, 2.24) is 0 Å². The van der Waals surface area contributed by atoms with E-state index in [1.807, 2.05) is 6.07 Å². The topological polar surface area (TPSA) is 90.2 Å². The van der Waals surface area contributed by atoms with Crippen LogP contribution in [-0.4, -0.2) is 48.9 Å². The monoisotopic (exact) mass is 418 g/mol. The van der Waals surface area contributed by atoms with Crippen LogP contribution in [0.15, 0.2) is 52.0 Å². The number of fused-ring (bicyclic) bond motifs is 1. The van der Waals surface area contributed by atoms with Gasteiger partial charge in [-0.3, -0.25) is 4.72 Å². The van der Waals surface area contributed by atoms with Gasteiger partial charge in [0, 0.05) is 24.5 Å². The third kappa shape index (κ3) is 3.83. The summed E-state index contributed by atoms with van der Waals surface area (Å²) in [5, 5.41) is 0.819. The molecule has 0 unspecified atom stereocenters. The fourth-order valence-electron chi connectivity index (χ4n) is 3.36. The molecule has 0 spiro atoms. The second-order valence-corrected chi connectivity index (χ2v) is 8.24. The third-order valence-electron chi connectivity index (χ3n) is 4.80. The number of rotatable bonds is 6. The first kappa shape index (κ1) is 19.4. The second-order valence-electron chi connectivity index (χ2n) is 6.56. The quantitative estimate of drug-likeness (QED) is 0.658. The molecule has 0 aliphatic carbocycles. The molecule has 8 nitrogen and oxygen atoms in total. The van der Waals surface area contributed by atoms with Gasteiger partial charge in [0.15, 0.2) is 17.1 Å². The second kappa shape index (κ2) is 7.84. The number of morpholine rings is 1. The summed E-state index contributed by atoms with van der Waals surface area (Å²) in [6.45, 7) is 2.65. The van der Waals surface area contributed by atoms with Crippen LogP contribution in [0.25, 0.3) is 11.0 Å². The fourth-order valence-corrected chi connectivity index (χ4v) is 4.41. The van der Waals surface area contributed by atoms with Crippen LogP contribution in [0.5, 0.6) is 11.5 Å². The molecule has 154 valence electrons. The molecule has 1 aromatic heterocycles. The number of nitrogens with zero attached hydrogens (tertiary/aromatic N) is 1. The van der Waals surface area contributed by atoms with E-state index in [1.54, 1.807) is 24.5 Å². The maximum Gasteiger partial charge on any atom is 0.262 e. The van der Waals surface area contributed by atoms with Crippen LogP contribution in [0.1, 0.15) is 0 Å². The number of anilines is 2. The van der Waals surface area contributed by atoms with E-state index in [0.29, 0.717) is 43.5 Å². The Kier molecular flexibility index (Phi) is 5.25. The van der Waals surface area contributed by atoms with Gasteiger partial charge in [-0.2, -0.15) is 0 Å². The number of ether oxygens (including phenoxy) is 3. The number of methoxy groups -OCH3 is 2. The van der Waals surface area contributed by atoms with Crippen LogP contribution in [0.4, 0.5) is 11.4 Å². The Morgan fingerprint density at radius 3 is 2.48 bits per heavy atom. The van der Waals surface area contributed by atoms with E-state index >= 15 is 0 Å². The summed E-state index contributed by atoms with van der Waals surface area (Å²) in [6, 6.07) is 9.82. The van der Waals surface area contributed by atoms with Gasteiger partial charge in [-0.05, 0) is 30.3 Å². The third-order valence-corrected chi connectivity index (χ3v) is 6.18. The summed E-state index contributed by atoms with van der Waals surface area (Å²) in [7, 11) is -0.870. The fraction of sp³-hybridized carbons (Fsp3) is 0.300. The molecule has 3 aromatic rings. The molecule has 1 aliphatic heterocycles. The average molecular weight is 418 g/mol. The lowest BCUT2D eigenvalue weighted by Gasteiger charge is -2.29. The zero-order chi connectivity index (χ0) is 20.4. The minimum atomic E-state index is -3.83. The van der Waals surface area contributed by atoms with Crippen molar-refractivity contribution in [1.29, 1.82) is 0 Å². The summed E-state index contributed by atoms with van der Waals surface area (Å²) in [4.78, 5) is 2.21. The maximum absolute atomic E-state index is 13.0. The van der Waals surface area contributed by atoms with Gasteiger partial charge in [-0.1, -0.05) is 0 Å². The molecule has 0 radical (unpaired) electrons. The standard InChI is InChI=1S/C20H22N2O6S/c1-25-18-4-3-16(13-19(18)26-2)29(23,24)21-15-11-14-5-8-28-20(14)17(12-15)22-6-9-27-10-7-22/h3-5,8,11-13,21H,6-7,9-10H2,1-2H3. The number of hydrogen-bond donors (Lipinski definition) is 1. The molecular weight excluding hydrogens is 396 g/mol. The Balaban J connectivity index is 1.70. The molecule has 2 heterocycles. The van der Waals surface area contributed by atoms with E-state index in [2.05, 4.69) is 9.62 Å². The zero-order valence-electron chi connectivity index (χ0n) is 16.2. The Bertz CT molecular complexity index is 1120. The molecule has 1 N–H and O–H groups in total. The Morgan fingerprint density at radius 2 is 1.76 bits per heavy atom. The van der Waals surface area contributed by atoms with Crippen molar-refractivity contribution in [2.24, 2.45) is 0 Å². The lowest BCUT2D eigenvalue weighted by molar-refractivity contribution is 0.123. The molecule has 1 fully saturated rings. The zero-order valence-corrected chi connectivity index (χ0v) is 17.0. The molecule has 1 saturated heterocycles. The highest BCUT2D eigenvalue weighted by molar-refractivity contribution is 7.92. The van der Waals surface area contributed by atoms with Crippen molar-refractivity contribution in [3.63, 3.8) is 0 Å². The van der Waals surface area contributed by atoms with Crippen LogP contribution in [0.2, 0.25) is 0 Å². The summed E-state index contributed by atoms with van der Waals surface area (Å²) in [5.41, 5.74) is 2.01. The maximum atomic E-state index is 13.0. The van der Waals surface area contributed by atoms with Gasteiger partial charge in [-0.15, -0.1) is 0 Å². The van der Waals surface area contributed by atoms with Gasteiger partial charge in [0.25, 0.3) is 10.0 Å². The molecule has 2 aromatic carbocycles. The van der Waals surface area contributed by atoms with E-state index in [4.69, 9.17) is 18.6 Å². The number of benzene rings is 2. The Morgan fingerprint density at radius 1 is 1.00 bits per heavy atom. The molecule has 9 heteroatoms. The number of hydrogen-bond acceptors (Lipinski definition) is 7. The largest absolute Gasteiger partial charge is 0.493 e. The van der Waals surface area contributed by atoms with Crippen LogP contribution in [0, 0.1) is 0 Å². The van der Waals surface area contributed by atoms with E-state index in [1.165, 1.54) is 26.4 Å². The molecular formula is C20H22N2O6S. The van der Waals surface area contributed by atoms with Crippen molar-refractivity contribution in [2.75, 3.05) is 50.1 Å².